The first-order chi connectivity index (χ1) is 7.58. The molecule has 0 bridgehead atoms. The third kappa shape index (κ3) is 2.02. The van der Waals surface area contributed by atoms with Crippen molar-refractivity contribution in [2.24, 2.45) is 5.73 Å². The minimum absolute atomic E-state index is 0.00505. The van der Waals surface area contributed by atoms with Crippen LogP contribution in [0.15, 0.2) is 18.2 Å². The Hall–Kier alpha value is -1.55. The quantitative estimate of drug-likeness (QED) is 0.738. The Morgan fingerprint density at radius 2 is 2.31 bits per heavy atom. The fraction of sp³-hybridized carbons (Fsp3) is 0.417. The molecule has 1 saturated heterocycles. The standard InChI is InChI=1S/C12H16N2O2/c1-8-6-10(15)2-3-11(8)12(16)14-5-4-9(13)7-14/h2-3,6,9,15H,4-5,7,13H2,1H3. The normalized spacial score (nSPS) is 20.1. The first-order valence-electron chi connectivity index (χ1n) is 5.42. The van der Waals surface area contributed by atoms with Crippen molar-refractivity contribution in [2.45, 2.75) is 19.4 Å². The summed E-state index contributed by atoms with van der Waals surface area (Å²) in [6, 6.07) is 4.90. The van der Waals surface area contributed by atoms with Gasteiger partial charge in [-0.25, -0.2) is 0 Å². The smallest absolute Gasteiger partial charge is 0.254 e. The van der Waals surface area contributed by atoms with Crippen molar-refractivity contribution in [3.63, 3.8) is 0 Å². The third-order valence-electron chi connectivity index (χ3n) is 2.95. The molecular formula is C12H16N2O2. The lowest BCUT2D eigenvalue weighted by Gasteiger charge is -2.17. The number of benzene rings is 1. The molecule has 0 aromatic heterocycles. The second-order valence-electron chi connectivity index (χ2n) is 4.30. The van der Waals surface area contributed by atoms with Crippen molar-refractivity contribution in [3.8, 4) is 5.75 Å². The lowest BCUT2D eigenvalue weighted by Crippen LogP contribution is -2.32. The van der Waals surface area contributed by atoms with Crippen LogP contribution in [0.4, 0.5) is 0 Å². The van der Waals surface area contributed by atoms with Gasteiger partial charge in [-0.1, -0.05) is 0 Å². The average molecular weight is 220 g/mol. The molecule has 1 amide bonds. The van der Waals surface area contributed by atoms with Crippen LogP contribution in [0.3, 0.4) is 0 Å². The number of aryl methyl sites for hydroxylation is 1. The molecule has 1 heterocycles. The number of nitrogens with zero attached hydrogens (tertiary/aromatic N) is 1. The molecule has 0 spiro atoms. The average Bonchev–Trinajstić information content (AvgIpc) is 2.64. The topological polar surface area (TPSA) is 66.6 Å². The molecule has 1 aliphatic heterocycles. The molecule has 1 aliphatic rings. The van der Waals surface area contributed by atoms with Crippen LogP contribution in [-0.2, 0) is 0 Å². The van der Waals surface area contributed by atoms with Crippen LogP contribution in [-0.4, -0.2) is 35.0 Å². The molecule has 1 atom stereocenters. The Morgan fingerprint density at radius 3 is 2.88 bits per heavy atom. The summed E-state index contributed by atoms with van der Waals surface area (Å²) >= 11 is 0. The molecule has 16 heavy (non-hydrogen) atoms. The van der Waals surface area contributed by atoms with E-state index in [0.717, 1.165) is 18.5 Å². The van der Waals surface area contributed by atoms with Crippen molar-refractivity contribution >= 4 is 5.91 Å². The van der Waals surface area contributed by atoms with E-state index in [1.807, 2.05) is 6.92 Å². The SMILES string of the molecule is Cc1cc(O)ccc1C(=O)N1CCC(N)C1. The van der Waals surface area contributed by atoms with Gasteiger partial charge in [0.1, 0.15) is 5.75 Å². The summed E-state index contributed by atoms with van der Waals surface area (Å²) in [5.74, 6) is 0.192. The zero-order valence-electron chi connectivity index (χ0n) is 9.31. The highest BCUT2D eigenvalue weighted by Crippen LogP contribution is 2.19. The Morgan fingerprint density at radius 1 is 1.56 bits per heavy atom. The maximum absolute atomic E-state index is 12.1. The molecular weight excluding hydrogens is 204 g/mol. The zero-order valence-corrected chi connectivity index (χ0v) is 9.31. The number of carbonyl (C=O) groups excluding carboxylic acids is 1. The van der Waals surface area contributed by atoms with Crippen molar-refractivity contribution in [3.05, 3.63) is 29.3 Å². The maximum atomic E-state index is 12.1. The fourth-order valence-electron chi connectivity index (χ4n) is 2.03. The fourth-order valence-corrected chi connectivity index (χ4v) is 2.03. The Balaban J connectivity index is 2.21. The number of nitrogens with two attached hydrogens (primary N) is 1. The zero-order chi connectivity index (χ0) is 11.7. The number of phenols is 1. The minimum atomic E-state index is 0.00505. The summed E-state index contributed by atoms with van der Waals surface area (Å²) in [5.41, 5.74) is 7.21. The highest BCUT2D eigenvalue weighted by molar-refractivity contribution is 5.96. The van der Waals surface area contributed by atoms with E-state index in [2.05, 4.69) is 0 Å². The summed E-state index contributed by atoms with van der Waals surface area (Å²) in [4.78, 5) is 13.9. The van der Waals surface area contributed by atoms with Crippen LogP contribution in [0.25, 0.3) is 0 Å². The van der Waals surface area contributed by atoms with E-state index in [9.17, 15) is 9.90 Å². The number of rotatable bonds is 1. The Labute approximate surface area is 94.7 Å². The number of phenolic OH excluding ortho intramolecular Hbond substituents is 1. The van der Waals surface area contributed by atoms with Gasteiger partial charge >= 0.3 is 0 Å². The molecule has 0 saturated carbocycles. The van der Waals surface area contributed by atoms with E-state index in [0.29, 0.717) is 12.1 Å². The van der Waals surface area contributed by atoms with Gasteiger partial charge < -0.3 is 15.7 Å². The van der Waals surface area contributed by atoms with Crippen LogP contribution < -0.4 is 5.73 Å². The van der Waals surface area contributed by atoms with E-state index in [1.165, 1.54) is 6.07 Å². The largest absolute Gasteiger partial charge is 0.508 e. The van der Waals surface area contributed by atoms with E-state index in [4.69, 9.17) is 5.73 Å². The number of aromatic hydroxyl groups is 1. The van der Waals surface area contributed by atoms with Crippen LogP contribution >= 0.6 is 0 Å². The molecule has 4 heteroatoms. The number of carbonyl (C=O) groups is 1. The van der Waals surface area contributed by atoms with E-state index in [1.54, 1.807) is 17.0 Å². The number of amides is 1. The van der Waals surface area contributed by atoms with Crippen LogP contribution in [0.5, 0.6) is 5.75 Å². The van der Waals surface area contributed by atoms with E-state index < -0.39 is 0 Å². The molecule has 0 aliphatic carbocycles. The minimum Gasteiger partial charge on any atom is -0.508 e. The first-order valence-corrected chi connectivity index (χ1v) is 5.42. The Kier molecular flexibility index (Phi) is 2.83. The number of hydrogen-bond donors (Lipinski definition) is 2. The lowest BCUT2D eigenvalue weighted by molar-refractivity contribution is 0.0790. The highest BCUT2D eigenvalue weighted by Gasteiger charge is 2.25. The number of likely N-dealkylation sites (tertiary alicyclic amines) is 1. The first kappa shape index (κ1) is 11.0. The van der Waals surface area contributed by atoms with Gasteiger partial charge in [-0.15, -0.1) is 0 Å². The molecule has 2 rings (SSSR count). The van der Waals surface area contributed by atoms with E-state index in [-0.39, 0.29) is 17.7 Å². The molecule has 3 N–H and O–H groups in total. The lowest BCUT2D eigenvalue weighted by atomic mass is 10.1. The van der Waals surface area contributed by atoms with Crippen LogP contribution in [0, 0.1) is 6.92 Å². The van der Waals surface area contributed by atoms with Gasteiger partial charge in [-0.05, 0) is 37.1 Å². The van der Waals surface area contributed by atoms with E-state index >= 15 is 0 Å². The maximum Gasteiger partial charge on any atom is 0.254 e. The van der Waals surface area contributed by atoms with Gasteiger partial charge in [-0.2, -0.15) is 0 Å². The van der Waals surface area contributed by atoms with Gasteiger partial charge in [0.05, 0.1) is 0 Å². The van der Waals surface area contributed by atoms with Crippen molar-refractivity contribution in [1.29, 1.82) is 0 Å². The van der Waals surface area contributed by atoms with Crippen LogP contribution in [0.2, 0.25) is 0 Å². The van der Waals surface area contributed by atoms with Crippen molar-refractivity contribution < 1.29 is 9.90 Å². The molecule has 86 valence electrons. The molecule has 1 unspecified atom stereocenters. The molecule has 1 fully saturated rings. The molecule has 1 aromatic carbocycles. The second-order valence-corrected chi connectivity index (χ2v) is 4.30. The third-order valence-corrected chi connectivity index (χ3v) is 2.95. The predicted octanol–water partition coefficient (Wildman–Crippen LogP) is 0.874. The summed E-state index contributed by atoms with van der Waals surface area (Å²) in [5, 5.41) is 9.28. The predicted molar refractivity (Wildman–Crippen MR) is 61.3 cm³/mol. The van der Waals surface area contributed by atoms with Gasteiger partial charge in [0.2, 0.25) is 0 Å². The Bertz CT molecular complexity index is 417. The molecule has 4 nitrogen and oxygen atoms in total. The van der Waals surface area contributed by atoms with Gasteiger partial charge in [0, 0.05) is 24.7 Å². The number of hydrogen-bond acceptors (Lipinski definition) is 3. The van der Waals surface area contributed by atoms with Crippen molar-refractivity contribution in [1.82, 2.24) is 4.90 Å². The summed E-state index contributed by atoms with van der Waals surface area (Å²) < 4.78 is 0. The summed E-state index contributed by atoms with van der Waals surface area (Å²) in [7, 11) is 0. The van der Waals surface area contributed by atoms with Gasteiger partial charge in [0.15, 0.2) is 0 Å². The summed E-state index contributed by atoms with van der Waals surface area (Å²) in [6.07, 6.45) is 0.864. The monoisotopic (exact) mass is 220 g/mol. The van der Waals surface area contributed by atoms with Crippen LogP contribution in [0.1, 0.15) is 22.3 Å². The van der Waals surface area contributed by atoms with Crippen molar-refractivity contribution in [2.75, 3.05) is 13.1 Å². The molecule has 1 aromatic rings. The van der Waals surface area contributed by atoms with Gasteiger partial charge in [-0.3, -0.25) is 4.79 Å². The second kappa shape index (κ2) is 4.14. The molecule has 0 radical (unpaired) electrons. The summed E-state index contributed by atoms with van der Waals surface area (Å²) in [6.45, 7) is 3.17. The highest BCUT2D eigenvalue weighted by atomic mass is 16.3. The van der Waals surface area contributed by atoms with Gasteiger partial charge in [0.25, 0.3) is 5.91 Å².